The molecule has 0 saturated heterocycles. The number of carbonyl (C=O) groups is 2. The van der Waals surface area contributed by atoms with Gasteiger partial charge in [-0.3, -0.25) is 24.5 Å². The molecule has 0 radical (unpaired) electrons. The minimum Gasteiger partial charge on any atom is -0.505 e. The summed E-state index contributed by atoms with van der Waals surface area (Å²) in [5.41, 5.74) is -1.81. The number of carboxylic acids is 1. The summed E-state index contributed by atoms with van der Waals surface area (Å²) in [6.45, 7) is 0.276. The third kappa shape index (κ3) is 3.83. The molecule has 11 nitrogen and oxygen atoms in total. The van der Waals surface area contributed by atoms with Crippen LogP contribution in [0.1, 0.15) is 21.6 Å². The van der Waals surface area contributed by atoms with Crippen LogP contribution in [0.3, 0.4) is 0 Å². The average Bonchev–Trinajstić information content (AvgIpc) is 2.58. The van der Waals surface area contributed by atoms with Crippen LogP contribution in [0.4, 0.5) is 5.69 Å². The number of aromatic hydroxyl groups is 1. The van der Waals surface area contributed by atoms with Gasteiger partial charge in [0.1, 0.15) is 17.8 Å². The van der Waals surface area contributed by atoms with E-state index in [1.165, 1.54) is 25.1 Å². The lowest BCUT2D eigenvalue weighted by molar-refractivity contribution is -0.385. The predicted octanol–water partition coefficient (Wildman–Crippen LogP) is 0.0282. The van der Waals surface area contributed by atoms with Crippen molar-refractivity contribution in [2.45, 2.75) is 13.5 Å². The van der Waals surface area contributed by atoms with Gasteiger partial charge < -0.3 is 15.5 Å². The zero-order chi connectivity index (χ0) is 19.4. The van der Waals surface area contributed by atoms with Crippen molar-refractivity contribution in [3.8, 4) is 5.75 Å². The van der Waals surface area contributed by atoms with Gasteiger partial charge >= 0.3 is 5.97 Å². The number of hydrogen-bond donors (Lipinski definition) is 3. The Morgan fingerprint density at radius 1 is 1.35 bits per heavy atom. The number of carboxylic acid groups (broad SMARTS) is 1. The van der Waals surface area contributed by atoms with Crippen LogP contribution in [0.5, 0.6) is 5.75 Å². The highest BCUT2D eigenvalue weighted by Gasteiger charge is 2.23. The molecule has 0 atom stereocenters. The second kappa shape index (κ2) is 7.42. The van der Waals surface area contributed by atoms with Crippen LogP contribution in [0.15, 0.2) is 29.1 Å². The first-order valence-electron chi connectivity index (χ1n) is 7.25. The lowest BCUT2D eigenvalue weighted by Crippen LogP contribution is -2.37. The first kappa shape index (κ1) is 18.6. The number of aromatic nitrogens is 2. The van der Waals surface area contributed by atoms with E-state index >= 15 is 0 Å². The topological polar surface area (TPSA) is 165 Å². The Morgan fingerprint density at radius 2 is 2.00 bits per heavy atom. The second-order valence-corrected chi connectivity index (χ2v) is 5.23. The Bertz CT molecular complexity index is 951. The summed E-state index contributed by atoms with van der Waals surface area (Å²) in [5.74, 6) is -3.10. The van der Waals surface area contributed by atoms with Crippen LogP contribution in [0.25, 0.3) is 0 Å². The number of nitrogens with zero attached hydrogens (tertiary/aromatic N) is 3. The fourth-order valence-electron chi connectivity index (χ4n) is 2.23. The van der Waals surface area contributed by atoms with E-state index in [1.54, 1.807) is 6.07 Å². The van der Waals surface area contributed by atoms with Crippen LogP contribution in [-0.4, -0.2) is 43.3 Å². The fourth-order valence-corrected chi connectivity index (χ4v) is 2.23. The summed E-state index contributed by atoms with van der Waals surface area (Å²) in [4.78, 5) is 45.5. The van der Waals surface area contributed by atoms with E-state index in [4.69, 9.17) is 5.11 Å². The summed E-state index contributed by atoms with van der Waals surface area (Å²) < 4.78 is 0.799. The molecule has 0 aliphatic heterocycles. The molecule has 0 bridgehead atoms. The lowest BCUT2D eigenvalue weighted by atomic mass is 10.1. The van der Waals surface area contributed by atoms with Gasteiger partial charge in [0.15, 0.2) is 5.75 Å². The highest BCUT2D eigenvalue weighted by Crippen LogP contribution is 2.20. The highest BCUT2D eigenvalue weighted by molar-refractivity contribution is 5.97. The molecule has 1 aromatic heterocycles. The van der Waals surface area contributed by atoms with Crippen molar-refractivity contribution >= 4 is 17.6 Å². The molecule has 2 aromatic rings. The number of nitrogens with one attached hydrogen (secondary N) is 1. The van der Waals surface area contributed by atoms with Crippen LogP contribution in [0, 0.1) is 17.0 Å². The quantitative estimate of drug-likeness (QED) is 0.478. The zero-order valence-corrected chi connectivity index (χ0v) is 13.5. The van der Waals surface area contributed by atoms with Gasteiger partial charge in [0.25, 0.3) is 17.2 Å². The van der Waals surface area contributed by atoms with Crippen molar-refractivity contribution in [3.05, 3.63) is 61.6 Å². The smallest absolute Gasteiger partial charge is 0.322 e. The summed E-state index contributed by atoms with van der Waals surface area (Å²) in [5, 5.41) is 35.5. The maximum atomic E-state index is 12.5. The van der Waals surface area contributed by atoms with E-state index in [9.17, 15) is 29.6 Å². The Kier molecular flexibility index (Phi) is 5.30. The number of nitro groups is 1. The maximum Gasteiger partial charge on any atom is 0.322 e. The molecule has 0 aliphatic rings. The van der Waals surface area contributed by atoms with Crippen molar-refractivity contribution < 1.29 is 24.7 Å². The summed E-state index contributed by atoms with van der Waals surface area (Å²) in [7, 11) is 0. The van der Waals surface area contributed by atoms with Gasteiger partial charge in [-0.05, 0) is 6.92 Å². The van der Waals surface area contributed by atoms with E-state index in [0.29, 0.717) is 0 Å². The third-order valence-corrected chi connectivity index (χ3v) is 3.43. The number of benzene rings is 1. The molecule has 0 spiro atoms. The van der Waals surface area contributed by atoms with Crippen molar-refractivity contribution in [2.24, 2.45) is 0 Å². The SMILES string of the molecule is Cc1nn(Cc2ccccc2[N+](=O)[O-])c(=O)c(C(=O)NCC(=O)O)c1O. The standard InChI is InChI=1S/C15H14N4O7/c1-8-13(22)12(14(23)16-6-11(20)21)15(24)18(17-8)7-9-4-2-3-5-10(9)19(25)26/h2-5,22H,6-7H2,1H3,(H,16,23)(H,20,21). The maximum absolute atomic E-state index is 12.5. The van der Waals surface area contributed by atoms with E-state index in [0.717, 1.165) is 4.68 Å². The van der Waals surface area contributed by atoms with Crippen LogP contribution < -0.4 is 10.9 Å². The Labute approximate surface area is 145 Å². The number of nitro benzene ring substituents is 1. The van der Waals surface area contributed by atoms with E-state index in [2.05, 4.69) is 5.10 Å². The van der Waals surface area contributed by atoms with Crippen LogP contribution in [0.2, 0.25) is 0 Å². The molecule has 0 saturated carbocycles. The van der Waals surface area contributed by atoms with Crippen LogP contribution >= 0.6 is 0 Å². The molecule has 3 N–H and O–H groups in total. The number of aliphatic carboxylic acids is 1. The fraction of sp³-hybridized carbons (Fsp3) is 0.200. The van der Waals surface area contributed by atoms with E-state index < -0.39 is 40.2 Å². The van der Waals surface area contributed by atoms with Gasteiger partial charge in [0, 0.05) is 6.07 Å². The highest BCUT2D eigenvalue weighted by atomic mass is 16.6. The minimum absolute atomic E-state index is 0.0661. The zero-order valence-electron chi connectivity index (χ0n) is 13.5. The Morgan fingerprint density at radius 3 is 2.62 bits per heavy atom. The van der Waals surface area contributed by atoms with Gasteiger partial charge in [0.2, 0.25) is 0 Å². The molecule has 2 rings (SSSR count). The number of amides is 1. The molecule has 1 heterocycles. The summed E-state index contributed by atoms with van der Waals surface area (Å²) >= 11 is 0. The molecule has 0 aliphatic carbocycles. The second-order valence-electron chi connectivity index (χ2n) is 5.23. The summed E-state index contributed by atoms with van der Waals surface area (Å²) in [6.07, 6.45) is 0. The van der Waals surface area contributed by atoms with Gasteiger partial charge in [-0.1, -0.05) is 18.2 Å². The third-order valence-electron chi connectivity index (χ3n) is 3.43. The number of aryl methyl sites for hydroxylation is 1. The van der Waals surface area contributed by atoms with Gasteiger partial charge in [0.05, 0.1) is 17.0 Å². The van der Waals surface area contributed by atoms with Crippen molar-refractivity contribution in [3.63, 3.8) is 0 Å². The van der Waals surface area contributed by atoms with E-state index in [-0.39, 0.29) is 23.5 Å². The molecule has 1 amide bonds. The molecule has 0 unspecified atom stereocenters. The first-order chi connectivity index (χ1) is 12.2. The normalized spacial score (nSPS) is 10.3. The molecule has 11 heteroatoms. The minimum atomic E-state index is -1.33. The Balaban J connectivity index is 2.49. The van der Waals surface area contributed by atoms with Gasteiger partial charge in [-0.25, -0.2) is 4.68 Å². The molecular weight excluding hydrogens is 348 g/mol. The summed E-state index contributed by atoms with van der Waals surface area (Å²) in [6, 6.07) is 5.69. The number of rotatable bonds is 6. The number of para-hydroxylation sites is 1. The van der Waals surface area contributed by atoms with Gasteiger partial charge in [-0.2, -0.15) is 5.10 Å². The monoisotopic (exact) mass is 362 g/mol. The lowest BCUT2D eigenvalue weighted by Gasteiger charge is -2.11. The van der Waals surface area contributed by atoms with Crippen molar-refractivity contribution in [2.75, 3.05) is 6.54 Å². The number of hydrogen-bond acceptors (Lipinski definition) is 7. The number of carbonyl (C=O) groups excluding carboxylic acids is 1. The van der Waals surface area contributed by atoms with E-state index in [1.807, 2.05) is 5.32 Å². The molecule has 26 heavy (non-hydrogen) atoms. The molecule has 136 valence electrons. The van der Waals surface area contributed by atoms with Crippen LogP contribution in [-0.2, 0) is 11.3 Å². The van der Waals surface area contributed by atoms with Gasteiger partial charge in [-0.15, -0.1) is 0 Å². The molecular formula is C15H14N4O7. The predicted molar refractivity (Wildman–Crippen MR) is 87.1 cm³/mol. The molecule has 1 aromatic carbocycles. The van der Waals surface area contributed by atoms with Crippen molar-refractivity contribution in [1.29, 1.82) is 0 Å². The average molecular weight is 362 g/mol. The Hall–Kier alpha value is -3.76. The van der Waals surface area contributed by atoms with Crippen molar-refractivity contribution in [1.82, 2.24) is 15.1 Å². The largest absolute Gasteiger partial charge is 0.505 e. The first-order valence-corrected chi connectivity index (χ1v) is 7.25. The molecule has 0 fully saturated rings.